The Hall–Kier alpha value is -2.96. The minimum atomic E-state index is -1.94. The first-order valence-electron chi connectivity index (χ1n) is 11.2. The molecular weight excluding hydrogens is 494 g/mol. The van der Waals surface area contributed by atoms with Gasteiger partial charge in [0, 0.05) is 15.6 Å². The number of methoxy groups -OCH3 is 1. The summed E-state index contributed by atoms with van der Waals surface area (Å²) in [5.41, 5.74) is 2.80. The highest BCUT2D eigenvalue weighted by Gasteiger charge is 2.51. The monoisotopic (exact) mass is 521 g/mol. The van der Waals surface area contributed by atoms with Crippen molar-refractivity contribution in [2.24, 2.45) is 0 Å². The lowest BCUT2D eigenvalue weighted by Gasteiger charge is -2.24. The third-order valence-electron chi connectivity index (χ3n) is 6.49. The van der Waals surface area contributed by atoms with Gasteiger partial charge in [-0.15, -0.1) is 0 Å². The summed E-state index contributed by atoms with van der Waals surface area (Å²) in [5.74, 6) is 0.184. The van der Waals surface area contributed by atoms with Gasteiger partial charge in [0.25, 0.3) is 5.91 Å². The predicted octanol–water partition coefficient (Wildman–Crippen LogP) is 5.90. The molecule has 0 saturated carbocycles. The Balaban J connectivity index is 1.70. The van der Waals surface area contributed by atoms with Crippen molar-refractivity contribution in [1.29, 1.82) is 0 Å². The number of aryl methyl sites for hydroxylation is 1. The van der Waals surface area contributed by atoms with Crippen LogP contribution in [-0.4, -0.2) is 23.9 Å². The summed E-state index contributed by atoms with van der Waals surface area (Å²) < 4.78 is 5.89. The molecule has 1 atom stereocenters. The number of ether oxygens (including phenoxy) is 1. The summed E-state index contributed by atoms with van der Waals surface area (Å²) >= 11 is 3.45. The Morgan fingerprint density at radius 1 is 1.09 bits per heavy atom. The number of aliphatic hydroxyl groups is 1. The predicted molar refractivity (Wildman–Crippen MR) is 136 cm³/mol. The standard InChI is InChI=1S/C28H28BrNO4/c1-17(2)20-6-5-18(3)21(13-20)16-30-25-12-9-22(29)14-24(25)28(33,27(30)32)15-26(31)19-7-10-23(34-4)11-8-19/h5-14,17,33H,15-16H2,1-4H3/t28-/m0/s1. The lowest BCUT2D eigenvalue weighted by Crippen LogP contribution is -2.41. The van der Waals surface area contributed by atoms with Crippen LogP contribution in [0.15, 0.2) is 65.1 Å². The van der Waals surface area contributed by atoms with Gasteiger partial charge >= 0.3 is 0 Å². The number of ketones is 1. The number of rotatable bonds is 7. The number of carbonyl (C=O) groups is 2. The molecule has 0 saturated heterocycles. The number of hydrogen-bond donors (Lipinski definition) is 1. The van der Waals surface area contributed by atoms with Gasteiger partial charge in [-0.2, -0.15) is 0 Å². The molecule has 3 aromatic rings. The van der Waals surface area contributed by atoms with E-state index in [1.165, 1.54) is 5.56 Å². The number of carbonyl (C=O) groups excluding carboxylic acids is 2. The van der Waals surface area contributed by atoms with Crippen LogP contribution in [0.25, 0.3) is 0 Å². The molecule has 1 heterocycles. The number of fused-ring (bicyclic) bond motifs is 1. The van der Waals surface area contributed by atoms with Crippen molar-refractivity contribution in [3.8, 4) is 5.75 Å². The first-order chi connectivity index (χ1) is 16.1. The second-order valence-electron chi connectivity index (χ2n) is 9.08. The SMILES string of the molecule is COc1ccc(C(=O)C[C@@]2(O)C(=O)N(Cc3cc(C(C)C)ccc3C)c3ccc(Br)cc32)cc1. The van der Waals surface area contributed by atoms with E-state index in [2.05, 4.69) is 48.0 Å². The fourth-order valence-corrected chi connectivity index (χ4v) is 4.71. The number of nitrogens with zero attached hydrogens (tertiary/aromatic N) is 1. The van der Waals surface area contributed by atoms with E-state index in [1.807, 2.05) is 19.1 Å². The Labute approximate surface area is 208 Å². The zero-order valence-electron chi connectivity index (χ0n) is 19.8. The van der Waals surface area contributed by atoms with Crippen LogP contribution < -0.4 is 9.64 Å². The van der Waals surface area contributed by atoms with Crippen molar-refractivity contribution in [2.45, 2.75) is 45.3 Å². The van der Waals surface area contributed by atoms with Crippen molar-refractivity contribution in [3.63, 3.8) is 0 Å². The van der Waals surface area contributed by atoms with Crippen LogP contribution in [0.5, 0.6) is 5.75 Å². The second kappa shape index (κ2) is 9.35. The Morgan fingerprint density at radius 3 is 2.44 bits per heavy atom. The average Bonchev–Trinajstić information content (AvgIpc) is 3.01. The Bertz CT molecular complexity index is 1250. The number of benzene rings is 3. The van der Waals surface area contributed by atoms with Crippen molar-refractivity contribution in [1.82, 2.24) is 0 Å². The normalized spacial score (nSPS) is 17.3. The number of hydrogen-bond acceptors (Lipinski definition) is 4. The molecule has 0 radical (unpaired) electrons. The van der Waals surface area contributed by atoms with Crippen molar-refractivity contribution < 1.29 is 19.4 Å². The Kier molecular flexibility index (Phi) is 6.65. The van der Waals surface area contributed by atoms with Crippen LogP contribution in [0.1, 0.15) is 58.8 Å². The number of Topliss-reactive ketones (excluding diaryl/α,β-unsaturated/α-hetero) is 1. The van der Waals surface area contributed by atoms with Crippen LogP contribution in [0, 0.1) is 6.92 Å². The smallest absolute Gasteiger partial charge is 0.264 e. The summed E-state index contributed by atoms with van der Waals surface area (Å²) in [6.07, 6.45) is -0.344. The van der Waals surface area contributed by atoms with Gasteiger partial charge in [-0.25, -0.2) is 0 Å². The van der Waals surface area contributed by atoms with Gasteiger partial charge in [-0.1, -0.05) is 48.0 Å². The summed E-state index contributed by atoms with van der Waals surface area (Å²) in [6.45, 7) is 6.60. The third-order valence-corrected chi connectivity index (χ3v) is 6.98. The maximum Gasteiger partial charge on any atom is 0.264 e. The minimum absolute atomic E-state index is 0.315. The van der Waals surface area contributed by atoms with E-state index in [0.717, 1.165) is 15.6 Å². The molecule has 0 unspecified atom stereocenters. The molecule has 176 valence electrons. The van der Waals surface area contributed by atoms with Crippen LogP contribution in [0.3, 0.4) is 0 Å². The van der Waals surface area contributed by atoms with Gasteiger partial charge < -0.3 is 14.7 Å². The second-order valence-corrected chi connectivity index (χ2v) is 10.00. The lowest BCUT2D eigenvalue weighted by molar-refractivity contribution is -0.136. The summed E-state index contributed by atoms with van der Waals surface area (Å²) in [7, 11) is 1.55. The zero-order valence-corrected chi connectivity index (χ0v) is 21.3. The van der Waals surface area contributed by atoms with Crippen LogP contribution in [0.2, 0.25) is 0 Å². The van der Waals surface area contributed by atoms with Gasteiger partial charge in [0.1, 0.15) is 5.75 Å². The summed E-state index contributed by atoms with van der Waals surface area (Å²) in [5, 5.41) is 11.7. The summed E-state index contributed by atoms with van der Waals surface area (Å²) in [4.78, 5) is 28.4. The van der Waals surface area contributed by atoms with E-state index in [1.54, 1.807) is 42.3 Å². The van der Waals surface area contributed by atoms with Crippen LogP contribution in [0.4, 0.5) is 5.69 Å². The van der Waals surface area contributed by atoms with Gasteiger partial charge in [0.15, 0.2) is 11.4 Å². The highest BCUT2D eigenvalue weighted by atomic mass is 79.9. The topological polar surface area (TPSA) is 66.8 Å². The molecule has 6 heteroatoms. The molecule has 5 nitrogen and oxygen atoms in total. The van der Waals surface area contributed by atoms with E-state index in [4.69, 9.17) is 4.74 Å². The van der Waals surface area contributed by atoms with Gasteiger partial charge in [0.05, 0.1) is 25.8 Å². The zero-order chi connectivity index (χ0) is 24.6. The van der Waals surface area contributed by atoms with E-state index in [-0.39, 0.29) is 12.2 Å². The molecule has 0 spiro atoms. The fourth-order valence-electron chi connectivity index (χ4n) is 4.35. The first-order valence-corrected chi connectivity index (χ1v) is 12.0. The molecule has 34 heavy (non-hydrogen) atoms. The first kappa shape index (κ1) is 24.2. The minimum Gasteiger partial charge on any atom is -0.497 e. The fraction of sp³-hybridized carbons (Fsp3) is 0.286. The molecule has 3 aromatic carbocycles. The van der Waals surface area contributed by atoms with E-state index >= 15 is 0 Å². The van der Waals surface area contributed by atoms with Crippen LogP contribution in [-0.2, 0) is 16.9 Å². The highest BCUT2D eigenvalue weighted by molar-refractivity contribution is 9.10. The Morgan fingerprint density at radius 2 is 1.79 bits per heavy atom. The van der Waals surface area contributed by atoms with Crippen molar-refractivity contribution in [3.05, 3.63) is 93.0 Å². The molecule has 4 rings (SSSR count). The number of halogens is 1. The number of amides is 1. The molecule has 0 aliphatic carbocycles. The molecular formula is C28H28BrNO4. The molecule has 1 aliphatic heterocycles. The quantitative estimate of drug-likeness (QED) is 0.393. The van der Waals surface area contributed by atoms with Crippen molar-refractivity contribution >= 4 is 33.3 Å². The van der Waals surface area contributed by atoms with E-state index in [9.17, 15) is 14.7 Å². The van der Waals surface area contributed by atoms with Gasteiger partial charge in [0.2, 0.25) is 0 Å². The molecule has 0 bridgehead atoms. The molecule has 0 aromatic heterocycles. The maximum absolute atomic E-state index is 13.7. The molecule has 1 aliphatic rings. The van der Waals surface area contributed by atoms with Crippen molar-refractivity contribution in [2.75, 3.05) is 12.0 Å². The lowest BCUT2D eigenvalue weighted by atomic mass is 9.88. The molecule has 1 amide bonds. The van der Waals surface area contributed by atoms with E-state index in [0.29, 0.717) is 35.0 Å². The maximum atomic E-state index is 13.7. The van der Waals surface area contributed by atoms with Gasteiger partial charge in [-0.3, -0.25) is 9.59 Å². The third kappa shape index (κ3) is 4.40. The molecule has 0 fully saturated rings. The molecule has 1 N–H and O–H groups in total. The van der Waals surface area contributed by atoms with E-state index < -0.39 is 11.5 Å². The van der Waals surface area contributed by atoms with Gasteiger partial charge in [-0.05, 0) is 72.0 Å². The average molecular weight is 522 g/mol. The number of anilines is 1. The highest BCUT2D eigenvalue weighted by Crippen LogP contribution is 2.45. The van der Waals surface area contributed by atoms with Crippen LogP contribution >= 0.6 is 15.9 Å². The largest absolute Gasteiger partial charge is 0.497 e. The summed E-state index contributed by atoms with van der Waals surface area (Å²) in [6, 6.07) is 18.3.